The molecule has 27 heteroatoms. The molecule has 0 saturated carbocycles. The number of methoxy groups -OCH3 is 2. The van der Waals surface area contributed by atoms with Crippen LogP contribution in [0.25, 0.3) is 0 Å². The average molecular weight is 1250 g/mol. The van der Waals surface area contributed by atoms with E-state index in [2.05, 4.69) is 61.6 Å². The van der Waals surface area contributed by atoms with Crippen LogP contribution >= 0.6 is 0 Å². The number of carbonyl (C=O) groups is 6. The highest BCUT2D eigenvalue weighted by atomic mass is 19.1. The van der Waals surface area contributed by atoms with Crippen molar-refractivity contribution in [2.45, 2.75) is 66.8 Å². The highest BCUT2D eigenvalue weighted by molar-refractivity contribution is 6.01. The van der Waals surface area contributed by atoms with Crippen molar-refractivity contribution in [1.82, 2.24) is 44.4 Å². The maximum atomic E-state index is 15.0. The van der Waals surface area contributed by atoms with Crippen molar-refractivity contribution in [3.05, 3.63) is 161 Å². The molecule has 0 radical (unpaired) electrons. The summed E-state index contributed by atoms with van der Waals surface area (Å²) in [5, 5.41) is 15.7. The lowest BCUT2D eigenvalue weighted by Crippen LogP contribution is -2.49. The third-order valence-electron chi connectivity index (χ3n) is 14.3. The summed E-state index contributed by atoms with van der Waals surface area (Å²) < 4.78 is 59.6. The fourth-order valence-electron chi connectivity index (χ4n) is 9.69. The first kappa shape index (κ1) is 67.9. The minimum atomic E-state index is -0.534. The summed E-state index contributed by atoms with van der Waals surface area (Å²) in [5.41, 5.74) is 5.27. The quantitative estimate of drug-likeness (QED) is 0.0623. The van der Waals surface area contributed by atoms with Crippen molar-refractivity contribution in [3.8, 4) is 0 Å². The molecule has 6 heterocycles. The summed E-state index contributed by atoms with van der Waals surface area (Å²) in [6, 6.07) is 23.3. The standard InChI is InChI=1S/C23H30FN5O3.2C20H24FN5O3/c1-16-14-18(8-9-25-16)26-21(30)27-19-7-5-6-17(20(19)24)15-28-10-12-29(13-11-28)22(31)32-23(2,3)4;2*1-14-12-16(6-7-22-14)23-19(27)24-17-5-3-4-15(18(17)21)13-25-8-10-26(11-9-25)20(28)29-2/h5-9,14H,10-13,15H2,1-4H3,(H2,25,26,27,30);2*3-7,12H,8-11,13H2,1-2H3,(H2,22,23,24,27). The van der Waals surface area contributed by atoms with Crippen molar-refractivity contribution in [1.29, 1.82) is 0 Å². The second-order valence-corrected chi connectivity index (χ2v) is 22.3. The number of aromatic nitrogens is 3. The number of anilines is 6. The van der Waals surface area contributed by atoms with Crippen LogP contribution < -0.4 is 31.9 Å². The first-order valence-electron chi connectivity index (χ1n) is 29.2. The van der Waals surface area contributed by atoms with Gasteiger partial charge in [-0.1, -0.05) is 36.4 Å². The molecule has 3 aromatic heterocycles. The van der Waals surface area contributed by atoms with E-state index in [1.54, 1.807) is 106 Å². The molecule has 0 atom stereocenters. The first-order valence-corrected chi connectivity index (χ1v) is 29.2. The molecule has 480 valence electrons. The van der Waals surface area contributed by atoms with Crippen molar-refractivity contribution in [2.75, 3.05) is 125 Å². The first-order chi connectivity index (χ1) is 43.0. The van der Waals surface area contributed by atoms with Gasteiger partial charge in [-0.25, -0.2) is 41.9 Å². The number of amides is 9. The molecular formula is C63H78F3N15O9. The van der Waals surface area contributed by atoms with E-state index in [-0.39, 0.29) is 35.3 Å². The lowest BCUT2D eigenvalue weighted by Gasteiger charge is -2.35. The van der Waals surface area contributed by atoms with Gasteiger partial charge in [-0.15, -0.1) is 0 Å². The lowest BCUT2D eigenvalue weighted by atomic mass is 10.1. The summed E-state index contributed by atoms with van der Waals surface area (Å²) in [4.78, 5) is 95.3. The number of nitrogens with zero attached hydrogens (tertiary/aromatic N) is 9. The van der Waals surface area contributed by atoms with Gasteiger partial charge in [0.25, 0.3) is 0 Å². The van der Waals surface area contributed by atoms with Gasteiger partial charge in [0.15, 0.2) is 17.5 Å². The topological polar surface area (TPSA) is 260 Å². The van der Waals surface area contributed by atoms with Crippen LogP contribution in [0.3, 0.4) is 0 Å². The summed E-state index contributed by atoms with van der Waals surface area (Å²) in [6.45, 7) is 19.0. The molecule has 6 aromatic rings. The van der Waals surface area contributed by atoms with Crippen LogP contribution in [0, 0.1) is 38.2 Å². The minimum Gasteiger partial charge on any atom is -0.453 e. The highest BCUT2D eigenvalue weighted by Gasteiger charge is 2.28. The number of rotatable bonds is 12. The molecule has 3 aliphatic rings. The van der Waals surface area contributed by atoms with Crippen LogP contribution in [-0.2, 0) is 33.8 Å². The van der Waals surface area contributed by atoms with Crippen LogP contribution in [0.15, 0.2) is 110 Å². The van der Waals surface area contributed by atoms with E-state index < -0.39 is 41.1 Å². The molecule has 0 aliphatic carbocycles. The fraction of sp³-hybridized carbons (Fsp3) is 0.381. The molecule has 24 nitrogen and oxygen atoms in total. The van der Waals surface area contributed by atoms with Crippen molar-refractivity contribution in [3.63, 3.8) is 0 Å². The average Bonchev–Trinajstić information content (AvgIpc) is 2.16. The normalized spacial score (nSPS) is 14.5. The predicted octanol–water partition coefficient (Wildman–Crippen LogP) is 10.3. The minimum absolute atomic E-state index is 0.109. The third-order valence-corrected chi connectivity index (χ3v) is 14.3. The fourth-order valence-corrected chi connectivity index (χ4v) is 9.69. The summed E-state index contributed by atoms with van der Waals surface area (Å²) in [5.74, 6) is -1.41. The zero-order chi connectivity index (χ0) is 64.9. The number of carbonyl (C=O) groups excluding carboxylic acids is 6. The second-order valence-electron chi connectivity index (χ2n) is 22.3. The SMILES string of the molecule is COC(=O)N1CCN(Cc2cccc(NC(=O)Nc3ccnc(C)c3)c2F)CC1.COC(=O)N1CCN(Cc2cccc(NC(=O)Nc3ccnc(C)c3)c2F)CC1.Cc1cc(NC(=O)Nc2cccc(CN3CCN(C(=O)OC(C)(C)C)CC3)c2F)ccn1. The zero-order valence-electron chi connectivity index (χ0n) is 51.8. The lowest BCUT2D eigenvalue weighted by molar-refractivity contribution is 0.0138. The van der Waals surface area contributed by atoms with Gasteiger partial charge in [0, 0.05) is 168 Å². The number of piperazine rings is 3. The largest absolute Gasteiger partial charge is 0.453 e. The number of hydrogen-bond acceptors (Lipinski definition) is 15. The molecule has 6 N–H and O–H groups in total. The number of halogens is 3. The Labute approximate surface area is 521 Å². The molecule has 0 unspecified atom stereocenters. The van der Waals surface area contributed by atoms with Gasteiger partial charge in [0.05, 0.1) is 31.3 Å². The number of benzene rings is 3. The molecule has 3 aliphatic heterocycles. The van der Waals surface area contributed by atoms with Crippen LogP contribution in [0.4, 0.5) is 76.1 Å². The van der Waals surface area contributed by atoms with E-state index >= 15 is 4.39 Å². The Hall–Kier alpha value is -9.60. The Balaban J connectivity index is 0.000000192. The van der Waals surface area contributed by atoms with E-state index in [1.165, 1.54) is 32.4 Å². The number of hydrogen-bond donors (Lipinski definition) is 6. The van der Waals surface area contributed by atoms with E-state index in [1.807, 2.05) is 41.5 Å². The molecular weight excluding hydrogens is 1170 g/mol. The zero-order valence-corrected chi connectivity index (χ0v) is 51.8. The number of nitrogens with one attached hydrogen (secondary N) is 6. The van der Waals surface area contributed by atoms with Crippen molar-refractivity contribution >= 4 is 70.5 Å². The molecule has 90 heavy (non-hydrogen) atoms. The maximum absolute atomic E-state index is 15.0. The van der Waals surface area contributed by atoms with Crippen molar-refractivity contribution < 1.29 is 56.1 Å². The molecule has 3 saturated heterocycles. The predicted molar refractivity (Wildman–Crippen MR) is 336 cm³/mol. The number of pyridine rings is 3. The van der Waals surface area contributed by atoms with E-state index in [0.717, 1.165) is 17.1 Å². The van der Waals surface area contributed by atoms with E-state index in [4.69, 9.17) is 14.2 Å². The van der Waals surface area contributed by atoms with Gasteiger partial charge in [-0.05, 0) is 96.1 Å². The number of ether oxygens (including phenoxy) is 3. The molecule has 0 bridgehead atoms. The van der Waals surface area contributed by atoms with Crippen LogP contribution in [0.2, 0.25) is 0 Å². The van der Waals surface area contributed by atoms with E-state index in [0.29, 0.717) is 132 Å². The van der Waals surface area contributed by atoms with Crippen LogP contribution in [0.5, 0.6) is 0 Å². The van der Waals surface area contributed by atoms with Gasteiger partial charge in [0.1, 0.15) is 5.60 Å². The van der Waals surface area contributed by atoms with E-state index in [9.17, 15) is 37.5 Å². The Kier molecular flexibility index (Phi) is 24.6. The highest BCUT2D eigenvalue weighted by Crippen LogP contribution is 2.25. The van der Waals surface area contributed by atoms with Crippen LogP contribution in [-0.4, -0.2) is 179 Å². The van der Waals surface area contributed by atoms with Gasteiger partial charge in [0.2, 0.25) is 0 Å². The molecule has 0 spiro atoms. The Morgan fingerprint density at radius 3 is 0.956 bits per heavy atom. The van der Waals surface area contributed by atoms with Gasteiger partial charge < -0.3 is 60.8 Å². The van der Waals surface area contributed by atoms with Crippen LogP contribution in [0.1, 0.15) is 54.5 Å². The smallest absolute Gasteiger partial charge is 0.410 e. The second kappa shape index (κ2) is 32.6. The Morgan fingerprint density at radius 2 is 0.700 bits per heavy atom. The molecule has 9 amide bonds. The summed E-state index contributed by atoms with van der Waals surface area (Å²) in [7, 11) is 2.71. The monoisotopic (exact) mass is 1250 g/mol. The molecule has 3 fully saturated rings. The van der Waals surface area contributed by atoms with Crippen molar-refractivity contribution in [2.24, 2.45) is 0 Å². The maximum Gasteiger partial charge on any atom is 0.410 e. The van der Waals surface area contributed by atoms with Gasteiger partial charge >= 0.3 is 36.4 Å². The molecule has 3 aromatic carbocycles. The number of urea groups is 3. The summed E-state index contributed by atoms with van der Waals surface area (Å²) >= 11 is 0. The Bertz CT molecular complexity index is 3300. The Morgan fingerprint density at radius 1 is 0.422 bits per heavy atom. The summed E-state index contributed by atoms with van der Waals surface area (Å²) in [6.07, 6.45) is 3.74. The number of aryl methyl sites for hydroxylation is 3. The molecule has 9 rings (SSSR count). The third kappa shape index (κ3) is 21.0. The van der Waals surface area contributed by atoms with Gasteiger partial charge in [-0.3, -0.25) is 29.7 Å². The van der Waals surface area contributed by atoms with Gasteiger partial charge in [-0.2, -0.15) is 0 Å².